The van der Waals surface area contributed by atoms with Crippen molar-refractivity contribution in [3.8, 4) is 0 Å². The Morgan fingerprint density at radius 3 is 1.22 bits per heavy atom. The third-order valence-electron chi connectivity index (χ3n) is 3.33. The van der Waals surface area contributed by atoms with Gasteiger partial charge in [-0.1, -0.05) is 0 Å². The fourth-order valence-corrected chi connectivity index (χ4v) is 8.25. The van der Waals surface area contributed by atoms with Gasteiger partial charge in [-0.15, -0.1) is 0 Å². The monoisotopic (exact) mass is 144 g/mol. The molecule has 9 heavy (non-hydrogen) atoms. The zero-order valence-electron chi connectivity index (χ0n) is 6.16. The van der Waals surface area contributed by atoms with Crippen molar-refractivity contribution in [3.63, 3.8) is 0 Å². The third kappa shape index (κ3) is 1.03. The summed E-state index contributed by atoms with van der Waals surface area (Å²) in [6, 6.07) is 0. The van der Waals surface area contributed by atoms with Gasteiger partial charge in [0.2, 0.25) is 0 Å². The van der Waals surface area contributed by atoms with Crippen molar-refractivity contribution < 1.29 is 0 Å². The number of rotatable bonds is 0. The van der Waals surface area contributed by atoms with Crippen LogP contribution in [0.4, 0.5) is 0 Å². The topological polar surface area (TPSA) is 0 Å². The zero-order valence-corrected chi connectivity index (χ0v) is 7.16. The second-order valence-electron chi connectivity index (χ2n) is 3.91. The van der Waals surface area contributed by atoms with Crippen molar-refractivity contribution in [2.45, 2.75) is 25.7 Å². The molecule has 2 rings (SSSR count). The van der Waals surface area contributed by atoms with Crippen molar-refractivity contribution in [1.82, 2.24) is 0 Å². The zero-order chi connectivity index (χ0) is 6.16. The molecule has 2 fully saturated rings. The minimum absolute atomic E-state index is 0.469. The summed E-state index contributed by atoms with van der Waals surface area (Å²) in [5, 5.41) is 0. The Balaban J connectivity index is 2.04. The molecule has 0 atom stereocenters. The van der Waals surface area contributed by atoms with Gasteiger partial charge in [0.25, 0.3) is 0 Å². The molecule has 54 valence electrons. The van der Waals surface area contributed by atoms with E-state index in [1.54, 1.807) is 50.3 Å². The molecule has 0 nitrogen and oxygen atoms in total. The first-order valence-electron chi connectivity index (χ1n) is 4.41. The van der Waals surface area contributed by atoms with Gasteiger partial charge in [-0.25, -0.2) is 0 Å². The Morgan fingerprint density at radius 1 is 0.556 bits per heavy atom. The first-order valence-corrected chi connectivity index (χ1v) is 7.24. The first kappa shape index (κ1) is 6.16. The van der Waals surface area contributed by atoms with Crippen LogP contribution in [0.25, 0.3) is 0 Å². The molecule has 2 saturated heterocycles. The normalized spacial score (nSPS) is 35.6. The Hall–Kier alpha value is 0.430. The van der Waals surface area contributed by atoms with Crippen LogP contribution in [0.2, 0.25) is 0 Å². The Labute approximate surface area is 58.4 Å². The fourth-order valence-electron chi connectivity index (χ4n) is 2.75. The van der Waals surface area contributed by atoms with Gasteiger partial charge in [-0.2, -0.15) is 0 Å². The van der Waals surface area contributed by atoms with Gasteiger partial charge in [-0.05, 0) is 0 Å². The van der Waals surface area contributed by atoms with Crippen LogP contribution >= 0.6 is 7.26 Å². The van der Waals surface area contributed by atoms with E-state index in [-0.39, 0.29) is 0 Å². The van der Waals surface area contributed by atoms with E-state index in [9.17, 15) is 0 Å². The van der Waals surface area contributed by atoms with E-state index in [1.807, 2.05) is 0 Å². The average Bonchev–Trinajstić information content (AvgIpc) is 2.45. The summed E-state index contributed by atoms with van der Waals surface area (Å²) in [6.07, 6.45) is 13.2. The van der Waals surface area contributed by atoms with E-state index in [0.717, 1.165) is 0 Å². The fraction of sp³-hybridized carbons (Fsp3) is 1.00. The summed E-state index contributed by atoms with van der Waals surface area (Å²) in [5.41, 5.74) is 0. The van der Waals surface area contributed by atoms with Gasteiger partial charge in [0.15, 0.2) is 0 Å². The molecule has 1 heteroatoms. The Bertz CT molecular complexity index is 79.6. The predicted molar refractivity (Wildman–Crippen MR) is 46.3 cm³/mol. The van der Waals surface area contributed by atoms with Crippen LogP contribution in [0.3, 0.4) is 0 Å². The molecule has 2 heterocycles. The third-order valence-corrected chi connectivity index (χ3v) is 8.99. The van der Waals surface area contributed by atoms with Crippen LogP contribution in [-0.4, -0.2) is 24.6 Å². The van der Waals surface area contributed by atoms with Gasteiger partial charge < -0.3 is 0 Å². The first-order chi connectivity index (χ1) is 4.41. The van der Waals surface area contributed by atoms with Gasteiger partial charge in [0.05, 0.1) is 0 Å². The van der Waals surface area contributed by atoms with Gasteiger partial charge in [-0.3, -0.25) is 0 Å². The minimum atomic E-state index is -0.469. The van der Waals surface area contributed by atoms with Gasteiger partial charge >= 0.3 is 57.6 Å². The summed E-state index contributed by atoms with van der Waals surface area (Å²) >= 11 is 0. The summed E-state index contributed by atoms with van der Waals surface area (Å²) in [6.45, 7) is 0. The molecule has 0 bridgehead atoms. The summed E-state index contributed by atoms with van der Waals surface area (Å²) < 4.78 is 0. The molecule has 2 aliphatic heterocycles. The van der Waals surface area contributed by atoms with E-state index < -0.39 is 7.26 Å². The molecule has 0 N–H and O–H groups in total. The van der Waals surface area contributed by atoms with E-state index in [4.69, 9.17) is 0 Å². The summed E-state index contributed by atoms with van der Waals surface area (Å²) in [5.74, 6) is 0. The van der Waals surface area contributed by atoms with E-state index in [1.165, 1.54) is 0 Å². The SMILES string of the molecule is C1CC[PH]2(C1)CCCC2. The van der Waals surface area contributed by atoms with Crippen molar-refractivity contribution in [3.05, 3.63) is 0 Å². The van der Waals surface area contributed by atoms with Crippen LogP contribution in [0.1, 0.15) is 25.7 Å². The maximum atomic E-state index is 1.70. The van der Waals surface area contributed by atoms with Gasteiger partial charge in [0.1, 0.15) is 0 Å². The van der Waals surface area contributed by atoms with Crippen LogP contribution in [0.5, 0.6) is 0 Å². The van der Waals surface area contributed by atoms with Crippen molar-refractivity contribution in [2.24, 2.45) is 0 Å². The van der Waals surface area contributed by atoms with Crippen LogP contribution in [0, 0.1) is 0 Å². The summed E-state index contributed by atoms with van der Waals surface area (Å²) in [7, 11) is -0.469. The van der Waals surface area contributed by atoms with Crippen LogP contribution < -0.4 is 0 Å². The van der Waals surface area contributed by atoms with Crippen LogP contribution in [0.15, 0.2) is 0 Å². The molecule has 0 amide bonds. The van der Waals surface area contributed by atoms with E-state index in [2.05, 4.69) is 0 Å². The average molecular weight is 144 g/mol. The molecule has 0 unspecified atom stereocenters. The predicted octanol–water partition coefficient (Wildman–Crippen LogP) is 2.32. The molecule has 0 aromatic carbocycles. The molecule has 0 aromatic rings. The maximum absolute atomic E-state index is 1.70. The molecule has 0 aromatic heterocycles. The molecule has 0 radical (unpaired) electrons. The Morgan fingerprint density at radius 2 is 0.889 bits per heavy atom. The molecule has 0 saturated carbocycles. The second-order valence-corrected chi connectivity index (χ2v) is 8.91. The standard InChI is InChI=1S/C8H17P/c1-2-6-9(5-1)7-3-4-8-9/h9H,1-8H2. The van der Waals surface area contributed by atoms with Gasteiger partial charge in [0, 0.05) is 0 Å². The van der Waals surface area contributed by atoms with Crippen molar-refractivity contribution in [1.29, 1.82) is 0 Å². The Kier molecular flexibility index (Phi) is 1.53. The molecule has 1 spiro atoms. The van der Waals surface area contributed by atoms with E-state index >= 15 is 0 Å². The van der Waals surface area contributed by atoms with Crippen molar-refractivity contribution >= 4 is 7.26 Å². The van der Waals surface area contributed by atoms with Crippen molar-refractivity contribution in [2.75, 3.05) is 24.6 Å². The number of hydrogen-bond donors (Lipinski definition) is 0. The second kappa shape index (κ2) is 2.23. The van der Waals surface area contributed by atoms with E-state index in [0.29, 0.717) is 0 Å². The summed E-state index contributed by atoms with van der Waals surface area (Å²) in [4.78, 5) is 0. The van der Waals surface area contributed by atoms with Crippen LogP contribution in [-0.2, 0) is 0 Å². The molecule has 0 aliphatic carbocycles. The molecule has 2 aliphatic rings. The number of hydrogen-bond acceptors (Lipinski definition) is 0. The molecular weight excluding hydrogens is 127 g/mol. The molecular formula is C8H17P. The quantitative estimate of drug-likeness (QED) is 0.458.